The Kier molecular flexibility index (Phi) is 4.02. The van der Waals surface area contributed by atoms with Gasteiger partial charge in [0.15, 0.2) is 11.6 Å². The molecule has 0 heterocycles. The van der Waals surface area contributed by atoms with Crippen LogP contribution >= 0.6 is 11.6 Å². The van der Waals surface area contributed by atoms with Crippen LogP contribution in [0.15, 0.2) is 36.4 Å². The number of hydrogen-bond acceptors (Lipinski definition) is 2. The molecule has 2 aromatic carbocycles. The second kappa shape index (κ2) is 5.55. The van der Waals surface area contributed by atoms with Crippen LogP contribution in [-0.4, -0.2) is 5.11 Å². The molecule has 0 saturated carbocycles. The quantitative estimate of drug-likeness (QED) is 0.901. The minimum absolute atomic E-state index is 0.190. The van der Waals surface area contributed by atoms with Crippen molar-refractivity contribution in [2.24, 2.45) is 0 Å². The van der Waals surface area contributed by atoms with Crippen LogP contribution in [-0.2, 0) is 0 Å². The second-order valence-corrected chi connectivity index (χ2v) is 4.45. The van der Waals surface area contributed by atoms with Gasteiger partial charge in [-0.3, -0.25) is 0 Å². The Morgan fingerprint density at radius 2 is 1.84 bits per heavy atom. The molecule has 5 heteroatoms. The molecule has 0 amide bonds. The van der Waals surface area contributed by atoms with Gasteiger partial charge in [0.05, 0.1) is 11.1 Å². The van der Waals surface area contributed by atoms with Crippen molar-refractivity contribution in [3.63, 3.8) is 0 Å². The fraction of sp³-hybridized carbons (Fsp3) is 0.143. The summed E-state index contributed by atoms with van der Waals surface area (Å²) in [6, 6.07) is 7.52. The van der Waals surface area contributed by atoms with E-state index in [9.17, 15) is 13.9 Å². The molecule has 2 nitrogen and oxygen atoms in total. The molecule has 2 rings (SSSR count). The smallest absolute Gasteiger partial charge is 0.166 e. The summed E-state index contributed by atoms with van der Waals surface area (Å²) in [4.78, 5) is 0. The van der Waals surface area contributed by atoms with E-state index in [-0.39, 0.29) is 16.5 Å². The Hall–Kier alpha value is -1.65. The number of halogens is 3. The molecule has 0 aliphatic carbocycles. The Balaban J connectivity index is 2.31. The van der Waals surface area contributed by atoms with Gasteiger partial charge in [-0.1, -0.05) is 17.7 Å². The molecule has 0 saturated heterocycles. The summed E-state index contributed by atoms with van der Waals surface area (Å²) < 4.78 is 31.7. The normalized spacial score (nSPS) is 12.3. The summed E-state index contributed by atoms with van der Waals surface area (Å²) in [5.41, 5.74) is 0.608. The van der Waals surface area contributed by atoms with Crippen LogP contribution in [0.4, 0.5) is 8.78 Å². The van der Waals surface area contributed by atoms with Crippen LogP contribution < -0.4 is 4.74 Å². The highest BCUT2D eigenvalue weighted by Crippen LogP contribution is 2.33. The van der Waals surface area contributed by atoms with E-state index in [1.54, 1.807) is 13.0 Å². The number of hydrogen-bond donors (Lipinski definition) is 1. The van der Waals surface area contributed by atoms with E-state index in [1.165, 1.54) is 12.1 Å². The first-order valence-electron chi connectivity index (χ1n) is 5.58. The summed E-state index contributed by atoms with van der Waals surface area (Å²) in [5.74, 6) is -1.34. The van der Waals surface area contributed by atoms with Gasteiger partial charge in [-0.15, -0.1) is 0 Å². The lowest BCUT2D eigenvalue weighted by molar-refractivity contribution is 0.199. The van der Waals surface area contributed by atoms with E-state index in [4.69, 9.17) is 16.3 Å². The van der Waals surface area contributed by atoms with Crippen molar-refractivity contribution in [1.82, 2.24) is 0 Å². The summed E-state index contributed by atoms with van der Waals surface area (Å²) in [6.45, 7) is 1.60. The van der Waals surface area contributed by atoms with E-state index < -0.39 is 17.7 Å². The van der Waals surface area contributed by atoms with Crippen LogP contribution in [0.3, 0.4) is 0 Å². The van der Waals surface area contributed by atoms with Crippen molar-refractivity contribution >= 4 is 11.6 Å². The molecule has 1 N–H and O–H groups in total. The van der Waals surface area contributed by atoms with Gasteiger partial charge in [-0.05, 0) is 36.8 Å². The lowest BCUT2D eigenvalue weighted by atomic mass is 10.1. The molecule has 0 aliphatic rings. The summed E-state index contributed by atoms with van der Waals surface area (Å²) in [7, 11) is 0. The van der Waals surface area contributed by atoms with Crippen molar-refractivity contribution in [3.8, 4) is 11.5 Å². The van der Waals surface area contributed by atoms with Gasteiger partial charge in [0.1, 0.15) is 11.6 Å². The molecule has 19 heavy (non-hydrogen) atoms. The third-order valence-corrected chi connectivity index (χ3v) is 2.85. The topological polar surface area (TPSA) is 29.5 Å². The highest BCUT2D eigenvalue weighted by Gasteiger charge is 2.11. The molecule has 0 radical (unpaired) electrons. The van der Waals surface area contributed by atoms with Crippen molar-refractivity contribution in [1.29, 1.82) is 0 Å². The highest BCUT2D eigenvalue weighted by atomic mass is 35.5. The van der Waals surface area contributed by atoms with Gasteiger partial charge in [-0.2, -0.15) is 0 Å². The monoisotopic (exact) mass is 284 g/mol. The maximum absolute atomic E-state index is 13.4. The maximum atomic E-state index is 13.4. The predicted molar refractivity (Wildman–Crippen MR) is 68.5 cm³/mol. The molecule has 0 spiro atoms. The Morgan fingerprint density at radius 1 is 1.11 bits per heavy atom. The lowest BCUT2D eigenvalue weighted by Gasteiger charge is -2.11. The highest BCUT2D eigenvalue weighted by molar-refractivity contribution is 6.32. The zero-order chi connectivity index (χ0) is 14.0. The SMILES string of the molecule is CC(O)c1ccc(Oc2cc(F)ccc2F)c(Cl)c1. The maximum Gasteiger partial charge on any atom is 0.166 e. The number of aliphatic hydroxyl groups is 1. The molecule has 0 aliphatic heterocycles. The molecule has 0 fully saturated rings. The number of benzene rings is 2. The third-order valence-electron chi connectivity index (χ3n) is 2.55. The molecule has 1 unspecified atom stereocenters. The van der Waals surface area contributed by atoms with Crippen molar-refractivity contribution in [2.45, 2.75) is 13.0 Å². The lowest BCUT2D eigenvalue weighted by Crippen LogP contribution is -1.94. The molecular weight excluding hydrogens is 274 g/mol. The molecule has 0 bridgehead atoms. The first-order valence-corrected chi connectivity index (χ1v) is 5.95. The van der Waals surface area contributed by atoms with Gasteiger partial charge < -0.3 is 9.84 Å². The van der Waals surface area contributed by atoms with Gasteiger partial charge in [0.25, 0.3) is 0 Å². The van der Waals surface area contributed by atoms with E-state index in [0.717, 1.165) is 18.2 Å². The van der Waals surface area contributed by atoms with Crippen LogP contribution in [0.1, 0.15) is 18.6 Å². The van der Waals surface area contributed by atoms with Crippen LogP contribution in [0, 0.1) is 11.6 Å². The van der Waals surface area contributed by atoms with Crippen molar-refractivity contribution < 1.29 is 18.6 Å². The number of ether oxygens (including phenoxy) is 1. The predicted octanol–water partition coefficient (Wildman–Crippen LogP) is 4.46. The second-order valence-electron chi connectivity index (χ2n) is 4.04. The van der Waals surface area contributed by atoms with Gasteiger partial charge in [0.2, 0.25) is 0 Å². The van der Waals surface area contributed by atoms with E-state index >= 15 is 0 Å². The fourth-order valence-electron chi connectivity index (χ4n) is 1.53. The average Bonchev–Trinajstić information content (AvgIpc) is 2.36. The van der Waals surface area contributed by atoms with Gasteiger partial charge in [-0.25, -0.2) is 8.78 Å². The molecule has 1 atom stereocenters. The number of aliphatic hydroxyl groups excluding tert-OH is 1. The van der Waals surface area contributed by atoms with Crippen molar-refractivity contribution in [3.05, 3.63) is 58.6 Å². The molecule has 100 valence electrons. The zero-order valence-corrected chi connectivity index (χ0v) is 10.8. The van der Waals surface area contributed by atoms with Crippen LogP contribution in [0.5, 0.6) is 11.5 Å². The minimum Gasteiger partial charge on any atom is -0.453 e. The molecule has 0 aromatic heterocycles. The Bertz CT molecular complexity index is 600. The zero-order valence-electron chi connectivity index (χ0n) is 10.0. The van der Waals surface area contributed by atoms with Crippen molar-refractivity contribution in [2.75, 3.05) is 0 Å². The fourth-order valence-corrected chi connectivity index (χ4v) is 1.76. The minimum atomic E-state index is -0.683. The molecule has 2 aromatic rings. The van der Waals surface area contributed by atoms with E-state index in [0.29, 0.717) is 5.56 Å². The van der Waals surface area contributed by atoms with E-state index in [1.807, 2.05) is 0 Å². The average molecular weight is 285 g/mol. The number of rotatable bonds is 3. The van der Waals surface area contributed by atoms with Crippen LogP contribution in [0.2, 0.25) is 5.02 Å². The Morgan fingerprint density at radius 3 is 2.47 bits per heavy atom. The van der Waals surface area contributed by atoms with Crippen LogP contribution in [0.25, 0.3) is 0 Å². The van der Waals surface area contributed by atoms with Gasteiger partial charge in [0, 0.05) is 6.07 Å². The Labute approximate surface area is 114 Å². The van der Waals surface area contributed by atoms with E-state index in [2.05, 4.69) is 0 Å². The standard InChI is InChI=1S/C14H11ClF2O2/c1-8(18)9-2-5-13(11(15)6-9)19-14-7-10(16)3-4-12(14)17/h2-8,18H,1H3. The summed E-state index contributed by atoms with van der Waals surface area (Å²) in [5, 5.41) is 9.61. The summed E-state index contributed by atoms with van der Waals surface area (Å²) in [6.07, 6.45) is -0.669. The molecular formula is C14H11ClF2O2. The third kappa shape index (κ3) is 3.22. The first kappa shape index (κ1) is 13.8. The largest absolute Gasteiger partial charge is 0.453 e. The van der Waals surface area contributed by atoms with Gasteiger partial charge >= 0.3 is 0 Å². The summed E-state index contributed by atoms with van der Waals surface area (Å²) >= 11 is 5.96. The first-order chi connectivity index (χ1) is 8.97.